The molecule has 0 unspecified atom stereocenters. The number of Topliss-reactive ketones (excluding diaryl/α,β-unsaturated/α-hetero) is 1. The Morgan fingerprint density at radius 3 is 3.00 bits per heavy atom. The molecule has 0 spiro atoms. The van der Waals surface area contributed by atoms with Crippen LogP contribution in [0.5, 0.6) is 6.08 Å². The Morgan fingerprint density at radius 1 is 1.52 bits per heavy atom. The first-order valence-electron chi connectivity index (χ1n) is 7.71. The van der Waals surface area contributed by atoms with Crippen molar-refractivity contribution in [3.8, 4) is 6.08 Å². The number of benzene rings is 1. The molecule has 0 bridgehead atoms. The molecule has 1 atom stereocenters. The predicted octanol–water partition coefficient (Wildman–Crippen LogP) is 2.91. The quantitative estimate of drug-likeness (QED) is 0.822. The minimum absolute atomic E-state index is 0.0279. The topological polar surface area (TPSA) is 90.7 Å². The summed E-state index contributed by atoms with van der Waals surface area (Å²) in [6.07, 6.45) is 2.02. The summed E-state index contributed by atoms with van der Waals surface area (Å²) in [6.45, 7) is 1.85. The van der Waals surface area contributed by atoms with E-state index < -0.39 is 5.54 Å². The molecule has 3 rings (SSSR count). The van der Waals surface area contributed by atoms with Gasteiger partial charge in [0.15, 0.2) is 11.0 Å². The molecule has 8 heteroatoms. The normalized spacial score (nSPS) is 20.2. The van der Waals surface area contributed by atoms with Crippen LogP contribution >= 0.6 is 11.8 Å². The predicted molar refractivity (Wildman–Crippen MR) is 93.5 cm³/mol. The minimum atomic E-state index is -0.727. The zero-order valence-electron chi connectivity index (χ0n) is 13.9. The highest BCUT2D eigenvalue weighted by Gasteiger charge is 2.32. The van der Waals surface area contributed by atoms with Crippen LogP contribution in [0.2, 0.25) is 0 Å². The Bertz CT molecular complexity index is 836. The van der Waals surface area contributed by atoms with Crippen molar-refractivity contribution in [1.82, 2.24) is 4.98 Å². The molecule has 2 N–H and O–H groups in total. The summed E-state index contributed by atoms with van der Waals surface area (Å²) in [4.78, 5) is 20.7. The fourth-order valence-corrected chi connectivity index (χ4v) is 3.71. The molecule has 1 aliphatic heterocycles. The Labute approximate surface area is 148 Å². The molecule has 0 fully saturated rings. The summed E-state index contributed by atoms with van der Waals surface area (Å²) in [6, 6.07) is 4.62. The summed E-state index contributed by atoms with van der Waals surface area (Å²) < 4.78 is 24.2. The lowest BCUT2D eigenvalue weighted by Gasteiger charge is -2.30. The second kappa shape index (κ2) is 6.87. The van der Waals surface area contributed by atoms with Crippen LogP contribution in [-0.2, 0) is 12.0 Å². The van der Waals surface area contributed by atoms with E-state index in [9.17, 15) is 9.18 Å². The summed E-state index contributed by atoms with van der Waals surface area (Å²) in [7, 11) is 1.40. The molecule has 0 amide bonds. The first-order chi connectivity index (χ1) is 11.9. The average Bonchev–Trinajstić information content (AvgIpc) is 3.05. The molecular formula is C17H18FN3O3S. The third-order valence-corrected chi connectivity index (χ3v) is 4.91. The largest absolute Gasteiger partial charge is 0.454 e. The van der Waals surface area contributed by atoms with Crippen molar-refractivity contribution in [2.75, 3.05) is 12.9 Å². The number of thioether (sulfide) groups is 1. The molecule has 0 radical (unpaired) electrons. The highest BCUT2D eigenvalue weighted by molar-refractivity contribution is 8.13. The van der Waals surface area contributed by atoms with Gasteiger partial charge in [0.1, 0.15) is 17.8 Å². The zero-order valence-corrected chi connectivity index (χ0v) is 14.7. The molecular weight excluding hydrogens is 345 g/mol. The number of halogens is 1. The van der Waals surface area contributed by atoms with Gasteiger partial charge in [-0.2, -0.15) is 4.98 Å². The van der Waals surface area contributed by atoms with Crippen molar-refractivity contribution < 1.29 is 18.3 Å². The maximum absolute atomic E-state index is 14.4. The Morgan fingerprint density at radius 2 is 2.32 bits per heavy atom. The summed E-state index contributed by atoms with van der Waals surface area (Å²) in [5.74, 6) is 0.176. The fourth-order valence-electron chi connectivity index (χ4n) is 2.73. The van der Waals surface area contributed by atoms with Crippen LogP contribution in [0.25, 0.3) is 0 Å². The second-order valence-electron chi connectivity index (χ2n) is 5.94. The number of ether oxygens (including phenoxy) is 1. The number of hydrogen-bond acceptors (Lipinski definition) is 7. The van der Waals surface area contributed by atoms with Gasteiger partial charge in [-0.3, -0.25) is 9.79 Å². The third-order valence-electron chi connectivity index (χ3n) is 4.11. The Kier molecular flexibility index (Phi) is 4.80. The molecule has 2 aromatic rings. The number of carbonyl (C=O) groups is 1. The zero-order chi connectivity index (χ0) is 18.0. The van der Waals surface area contributed by atoms with Gasteiger partial charge in [0.25, 0.3) is 0 Å². The van der Waals surface area contributed by atoms with Crippen LogP contribution in [0.3, 0.4) is 0 Å². The molecule has 132 valence electrons. The van der Waals surface area contributed by atoms with Gasteiger partial charge in [-0.15, -0.1) is 0 Å². The summed E-state index contributed by atoms with van der Waals surface area (Å²) in [5.41, 5.74) is 6.38. The molecule has 0 aliphatic carbocycles. The molecule has 0 saturated heterocycles. The van der Waals surface area contributed by atoms with E-state index in [-0.39, 0.29) is 29.8 Å². The summed E-state index contributed by atoms with van der Waals surface area (Å²) >= 11 is 1.46. The van der Waals surface area contributed by atoms with Crippen molar-refractivity contribution >= 4 is 22.7 Å². The van der Waals surface area contributed by atoms with E-state index in [1.165, 1.54) is 31.2 Å². The van der Waals surface area contributed by atoms with Crippen LogP contribution in [-0.4, -0.2) is 28.8 Å². The van der Waals surface area contributed by atoms with Crippen LogP contribution in [0, 0.1) is 5.82 Å². The number of carbonyl (C=O) groups excluding carboxylic acids is 1. The van der Waals surface area contributed by atoms with E-state index in [4.69, 9.17) is 14.9 Å². The standard InChI is InChI=1S/C17H18FN3O3S/c1-17(5-6-25-15(19)21-17)11-7-10(3-4-12(11)18)8-14(22)13-9-24-16(20-13)23-2/h3-4,7,9H,5-6,8H2,1-2H3,(H2,19,21)/t17-/m0/s1. The molecule has 6 nitrogen and oxygen atoms in total. The van der Waals surface area contributed by atoms with Crippen molar-refractivity contribution in [2.45, 2.75) is 25.3 Å². The lowest BCUT2D eigenvalue weighted by atomic mass is 9.87. The number of nitrogens with two attached hydrogens (primary N) is 1. The van der Waals surface area contributed by atoms with Gasteiger partial charge in [-0.1, -0.05) is 17.8 Å². The van der Waals surface area contributed by atoms with Gasteiger partial charge in [-0.25, -0.2) is 4.39 Å². The van der Waals surface area contributed by atoms with Crippen molar-refractivity contribution in [2.24, 2.45) is 10.7 Å². The average molecular weight is 363 g/mol. The number of methoxy groups -OCH3 is 1. The Hall–Kier alpha value is -2.35. The highest BCUT2D eigenvalue weighted by Crippen LogP contribution is 2.36. The van der Waals surface area contributed by atoms with Crippen LogP contribution in [0.15, 0.2) is 33.9 Å². The van der Waals surface area contributed by atoms with E-state index >= 15 is 0 Å². The number of amidine groups is 1. The fraction of sp³-hybridized carbons (Fsp3) is 0.353. The van der Waals surface area contributed by atoms with Crippen LogP contribution in [0.1, 0.15) is 35.0 Å². The number of aromatic nitrogens is 1. The van der Waals surface area contributed by atoms with Gasteiger partial charge in [0, 0.05) is 17.7 Å². The number of ketones is 1. The first kappa shape index (κ1) is 17.5. The summed E-state index contributed by atoms with van der Waals surface area (Å²) in [5, 5.41) is 0.448. The van der Waals surface area contributed by atoms with Gasteiger partial charge in [0.2, 0.25) is 0 Å². The molecule has 1 aromatic carbocycles. The Balaban J connectivity index is 1.86. The monoisotopic (exact) mass is 363 g/mol. The van der Waals surface area contributed by atoms with Gasteiger partial charge in [-0.05, 0) is 31.0 Å². The molecule has 0 saturated carbocycles. The van der Waals surface area contributed by atoms with E-state index in [1.807, 2.05) is 6.92 Å². The third kappa shape index (κ3) is 3.68. The van der Waals surface area contributed by atoms with E-state index in [2.05, 4.69) is 9.98 Å². The van der Waals surface area contributed by atoms with E-state index in [0.717, 1.165) is 5.75 Å². The molecule has 1 aromatic heterocycles. The number of rotatable bonds is 5. The van der Waals surface area contributed by atoms with Gasteiger partial charge < -0.3 is 14.9 Å². The number of nitrogens with zero attached hydrogens (tertiary/aromatic N) is 2. The lowest BCUT2D eigenvalue weighted by molar-refractivity contribution is 0.0988. The van der Waals surface area contributed by atoms with Crippen LogP contribution < -0.4 is 10.5 Å². The van der Waals surface area contributed by atoms with Crippen molar-refractivity contribution in [1.29, 1.82) is 0 Å². The number of hydrogen-bond donors (Lipinski definition) is 1. The number of aliphatic imine (C=N–C) groups is 1. The molecule has 1 aliphatic rings. The highest BCUT2D eigenvalue weighted by atomic mass is 32.2. The minimum Gasteiger partial charge on any atom is -0.454 e. The van der Waals surface area contributed by atoms with Gasteiger partial charge in [0.05, 0.1) is 12.6 Å². The van der Waals surface area contributed by atoms with Gasteiger partial charge >= 0.3 is 6.08 Å². The van der Waals surface area contributed by atoms with Crippen LogP contribution in [0.4, 0.5) is 4.39 Å². The maximum Gasteiger partial charge on any atom is 0.393 e. The van der Waals surface area contributed by atoms with Crippen molar-refractivity contribution in [3.63, 3.8) is 0 Å². The maximum atomic E-state index is 14.4. The molecule has 25 heavy (non-hydrogen) atoms. The van der Waals surface area contributed by atoms with E-state index in [1.54, 1.807) is 12.1 Å². The number of oxazole rings is 1. The second-order valence-corrected chi connectivity index (χ2v) is 7.05. The van der Waals surface area contributed by atoms with E-state index in [0.29, 0.717) is 22.7 Å². The smallest absolute Gasteiger partial charge is 0.393 e. The molecule has 2 heterocycles. The SMILES string of the molecule is COc1nc(C(=O)Cc2ccc(F)c([C@]3(C)CCSC(N)=N3)c2)co1. The lowest BCUT2D eigenvalue weighted by Crippen LogP contribution is -2.29. The van der Waals surface area contributed by atoms with Crippen molar-refractivity contribution in [3.05, 3.63) is 47.1 Å². The first-order valence-corrected chi connectivity index (χ1v) is 8.69.